The van der Waals surface area contributed by atoms with Gasteiger partial charge in [-0.25, -0.2) is 15.0 Å². The molecule has 1 saturated heterocycles. The van der Waals surface area contributed by atoms with E-state index < -0.39 is 0 Å². The summed E-state index contributed by atoms with van der Waals surface area (Å²) in [4.78, 5) is 43.2. The Morgan fingerprint density at radius 1 is 1.12 bits per heavy atom. The van der Waals surface area contributed by atoms with Crippen molar-refractivity contribution in [1.82, 2.24) is 29.3 Å². The number of fused-ring (bicyclic) bond motifs is 1. The monoisotopic (exact) mass is 446 g/mol. The lowest BCUT2D eigenvalue weighted by Crippen LogP contribution is -2.31. The highest BCUT2D eigenvalue weighted by Gasteiger charge is 2.31. The van der Waals surface area contributed by atoms with Crippen molar-refractivity contribution < 1.29 is 9.59 Å². The fourth-order valence-corrected chi connectivity index (χ4v) is 4.72. The topological polar surface area (TPSA) is 84.2 Å². The lowest BCUT2D eigenvalue weighted by atomic mass is 10.1. The first kappa shape index (κ1) is 21.6. The highest BCUT2D eigenvalue weighted by atomic mass is 16.2. The van der Waals surface area contributed by atoms with Crippen LogP contribution in [0.25, 0.3) is 11.0 Å². The second kappa shape index (κ2) is 8.57. The van der Waals surface area contributed by atoms with Crippen molar-refractivity contribution in [2.75, 3.05) is 26.2 Å². The number of carbonyl (C=O) groups is 2. The molecule has 2 aromatic heterocycles. The van der Waals surface area contributed by atoms with Gasteiger partial charge in [-0.3, -0.25) is 9.59 Å². The highest BCUT2D eigenvalue weighted by molar-refractivity contribution is 5.97. The highest BCUT2D eigenvalue weighted by Crippen LogP contribution is 2.37. The summed E-state index contributed by atoms with van der Waals surface area (Å²) in [6, 6.07) is 6.39. The molecule has 33 heavy (non-hydrogen) atoms. The molecule has 2 amide bonds. The normalized spacial score (nSPS) is 18.2. The summed E-state index contributed by atoms with van der Waals surface area (Å²) in [6.07, 6.45) is 6.75. The largest absolute Gasteiger partial charge is 0.339 e. The van der Waals surface area contributed by atoms with Crippen molar-refractivity contribution in [2.45, 2.75) is 52.0 Å². The van der Waals surface area contributed by atoms with Crippen molar-refractivity contribution in [3.8, 4) is 0 Å². The van der Waals surface area contributed by atoms with Gasteiger partial charge in [0.25, 0.3) is 11.8 Å². The Morgan fingerprint density at radius 3 is 2.61 bits per heavy atom. The van der Waals surface area contributed by atoms with E-state index in [2.05, 4.69) is 19.5 Å². The van der Waals surface area contributed by atoms with Crippen LogP contribution in [0, 0.1) is 6.92 Å². The minimum absolute atomic E-state index is 0.0189. The van der Waals surface area contributed by atoms with Gasteiger partial charge >= 0.3 is 0 Å². The first-order valence-corrected chi connectivity index (χ1v) is 11.9. The van der Waals surface area contributed by atoms with E-state index in [1.807, 2.05) is 50.2 Å². The average Bonchev–Trinajstić information content (AvgIpc) is 3.39. The molecule has 1 aliphatic carbocycles. The van der Waals surface area contributed by atoms with Crippen LogP contribution in [0.5, 0.6) is 0 Å². The third-order valence-corrected chi connectivity index (χ3v) is 6.88. The third kappa shape index (κ3) is 3.98. The number of aromatic nitrogens is 4. The summed E-state index contributed by atoms with van der Waals surface area (Å²) in [5.41, 5.74) is 3.87. The number of amides is 2. The third-order valence-electron chi connectivity index (χ3n) is 6.88. The number of hydrogen-bond acceptors (Lipinski definition) is 5. The van der Waals surface area contributed by atoms with Crippen molar-refractivity contribution in [2.24, 2.45) is 0 Å². The first-order valence-electron chi connectivity index (χ1n) is 11.9. The second-order valence-electron chi connectivity index (χ2n) is 9.03. The van der Waals surface area contributed by atoms with Crippen LogP contribution in [0.3, 0.4) is 0 Å². The van der Waals surface area contributed by atoms with Gasteiger partial charge in [0, 0.05) is 49.9 Å². The molecular weight excluding hydrogens is 416 g/mol. The first-order chi connectivity index (χ1) is 16.0. The molecule has 0 radical (unpaired) electrons. The molecule has 3 aromatic rings. The molecule has 2 aliphatic rings. The molecule has 3 heterocycles. The number of rotatable bonds is 6. The van der Waals surface area contributed by atoms with E-state index in [9.17, 15) is 9.59 Å². The molecule has 0 N–H and O–H groups in total. The predicted molar refractivity (Wildman–Crippen MR) is 125 cm³/mol. The standard InChI is InChI=1S/C25H30N6O2/c1-4-29(5-2)25(33)20-13-26-23(28-16(20)3)18-10-11-30(14-18)24(32)17-6-9-22-21(12-17)27-15-31(22)19-7-8-19/h6,9,12-13,15,18-19H,4-5,7-8,10-11,14H2,1-3H3/t18-/m0/s1. The van der Waals surface area contributed by atoms with E-state index in [0.29, 0.717) is 54.9 Å². The van der Waals surface area contributed by atoms with Gasteiger partial charge in [-0.1, -0.05) is 0 Å². The summed E-state index contributed by atoms with van der Waals surface area (Å²) in [6.45, 7) is 8.34. The van der Waals surface area contributed by atoms with E-state index in [1.165, 1.54) is 12.8 Å². The fraction of sp³-hybridized carbons (Fsp3) is 0.480. The van der Waals surface area contributed by atoms with Gasteiger partial charge in [0.05, 0.1) is 28.6 Å². The van der Waals surface area contributed by atoms with Crippen molar-refractivity contribution in [3.63, 3.8) is 0 Å². The smallest absolute Gasteiger partial charge is 0.257 e. The number of aryl methyl sites for hydroxylation is 1. The van der Waals surface area contributed by atoms with Gasteiger partial charge in [-0.2, -0.15) is 0 Å². The van der Waals surface area contributed by atoms with E-state index in [4.69, 9.17) is 0 Å². The Bertz CT molecular complexity index is 1210. The lowest BCUT2D eigenvalue weighted by Gasteiger charge is -2.20. The Morgan fingerprint density at radius 2 is 1.91 bits per heavy atom. The number of nitrogens with zero attached hydrogens (tertiary/aromatic N) is 6. The Balaban J connectivity index is 1.29. The van der Waals surface area contributed by atoms with Gasteiger partial charge in [0.1, 0.15) is 5.82 Å². The molecular formula is C25H30N6O2. The molecule has 1 aliphatic heterocycles. The quantitative estimate of drug-likeness (QED) is 0.578. The lowest BCUT2D eigenvalue weighted by molar-refractivity contribution is 0.0769. The van der Waals surface area contributed by atoms with Gasteiger partial charge in [0.2, 0.25) is 0 Å². The average molecular weight is 447 g/mol. The molecule has 172 valence electrons. The minimum atomic E-state index is -0.0354. The van der Waals surface area contributed by atoms with Gasteiger partial charge < -0.3 is 14.4 Å². The van der Waals surface area contributed by atoms with Crippen LogP contribution in [0.1, 0.15) is 77.3 Å². The molecule has 5 rings (SSSR count). The summed E-state index contributed by atoms with van der Waals surface area (Å²) >= 11 is 0. The fourth-order valence-electron chi connectivity index (χ4n) is 4.72. The maximum Gasteiger partial charge on any atom is 0.257 e. The number of hydrogen-bond donors (Lipinski definition) is 0. The van der Waals surface area contributed by atoms with Crippen molar-refractivity contribution in [1.29, 1.82) is 0 Å². The maximum atomic E-state index is 13.2. The Labute approximate surface area is 193 Å². The maximum absolute atomic E-state index is 13.2. The molecule has 1 saturated carbocycles. The van der Waals surface area contributed by atoms with Gasteiger partial charge in [0.15, 0.2) is 0 Å². The zero-order valence-corrected chi connectivity index (χ0v) is 19.5. The molecule has 1 atom stereocenters. The second-order valence-corrected chi connectivity index (χ2v) is 9.03. The summed E-state index contributed by atoms with van der Waals surface area (Å²) in [7, 11) is 0. The summed E-state index contributed by atoms with van der Waals surface area (Å²) in [5, 5.41) is 0. The molecule has 8 heteroatoms. The number of benzene rings is 1. The van der Waals surface area contributed by atoms with Crippen molar-refractivity contribution >= 4 is 22.8 Å². The number of imidazole rings is 1. The number of likely N-dealkylation sites (tertiary alicyclic amines) is 1. The van der Waals surface area contributed by atoms with Crippen LogP contribution in [0.15, 0.2) is 30.7 Å². The van der Waals surface area contributed by atoms with Crippen LogP contribution in [-0.4, -0.2) is 67.3 Å². The van der Waals surface area contributed by atoms with E-state index in [1.54, 1.807) is 11.1 Å². The molecule has 8 nitrogen and oxygen atoms in total. The van der Waals surface area contributed by atoms with Crippen LogP contribution >= 0.6 is 0 Å². The molecule has 0 bridgehead atoms. The summed E-state index contributed by atoms with van der Waals surface area (Å²) in [5.74, 6) is 0.762. The zero-order chi connectivity index (χ0) is 23.1. The SMILES string of the molecule is CCN(CC)C(=O)c1cnc([C@H]2CCN(C(=O)c3ccc4c(c3)ncn4C3CC3)C2)nc1C. The molecule has 0 unspecified atom stereocenters. The van der Waals surface area contributed by atoms with Crippen LogP contribution in [-0.2, 0) is 0 Å². The van der Waals surface area contributed by atoms with E-state index in [0.717, 1.165) is 17.5 Å². The summed E-state index contributed by atoms with van der Waals surface area (Å²) < 4.78 is 2.21. The van der Waals surface area contributed by atoms with E-state index in [-0.39, 0.29) is 17.7 Å². The van der Waals surface area contributed by atoms with Crippen LogP contribution in [0.2, 0.25) is 0 Å². The Kier molecular flexibility index (Phi) is 5.60. The molecule has 0 spiro atoms. The molecule has 2 fully saturated rings. The molecule has 1 aromatic carbocycles. The predicted octanol–water partition coefficient (Wildman–Crippen LogP) is 3.58. The Hall–Kier alpha value is -3.29. The minimum Gasteiger partial charge on any atom is -0.339 e. The van der Waals surface area contributed by atoms with Crippen LogP contribution < -0.4 is 0 Å². The van der Waals surface area contributed by atoms with Gasteiger partial charge in [-0.05, 0) is 58.2 Å². The number of carbonyl (C=O) groups excluding carboxylic acids is 2. The zero-order valence-electron chi connectivity index (χ0n) is 19.5. The van der Waals surface area contributed by atoms with Crippen molar-refractivity contribution in [3.05, 3.63) is 53.4 Å². The van der Waals surface area contributed by atoms with Crippen LogP contribution in [0.4, 0.5) is 0 Å². The van der Waals surface area contributed by atoms with E-state index >= 15 is 0 Å². The van der Waals surface area contributed by atoms with Gasteiger partial charge in [-0.15, -0.1) is 0 Å².